The van der Waals surface area contributed by atoms with Crippen molar-refractivity contribution < 1.29 is 38.0 Å². The molecule has 2 rings (SSSR count). The third-order valence-corrected chi connectivity index (χ3v) is 8.19. The number of carbonyl (C=O) groups excluding carboxylic acids is 7. The summed E-state index contributed by atoms with van der Waals surface area (Å²) in [5.41, 5.74) is 22.2. The maximum Gasteiger partial charge on any atom is 0.243 e. The summed E-state index contributed by atoms with van der Waals surface area (Å²) >= 11 is 0. The number of carbonyl (C=O) groups is 7. The number of halogens is 1. The van der Waals surface area contributed by atoms with E-state index in [1.807, 2.05) is 13.8 Å². The van der Waals surface area contributed by atoms with Gasteiger partial charge in [0.15, 0.2) is 5.96 Å². The van der Waals surface area contributed by atoms with E-state index in [4.69, 9.17) is 22.9 Å². The lowest BCUT2D eigenvalue weighted by molar-refractivity contribution is -0.135. The largest absolute Gasteiger partial charge is 0.370 e. The molecule has 0 bridgehead atoms. The molecule has 5 atom stereocenters. The van der Waals surface area contributed by atoms with Crippen LogP contribution in [0.1, 0.15) is 70.8 Å². The third kappa shape index (κ3) is 16.7. The van der Waals surface area contributed by atoms with Crippen molar-refractivity contribution in [2.24, 2.45) is 33.8 Å². The minimum absolute atomic E-state index is 0.00956. The molecule has 294 valence electrons. The van der Waals surface area contributed by atoms with Crippen LogP contribution < -0.4 is 54.8 Å². The van der Waals surface area contributed by atoms with E-state index in [1.165, 1.54) is 18.2 Å². The van der Waals surface area contributed by atoms with Gasteiger partial charge in [-0.05, 0) is 62.1 Å². The first-order valence-corrected chi connectivity index (χ1v) is 17.7. The molecular weight excluding hydrogens is 693 g/mol. The Hall–Kier alpha value is -5.33. The van der Waals surface area contributed by atoms with Gasteiger partial charge in [-0.3, -0.25) is 38.6 Å². The van der Waals surface area contributed by atoms with Crippen molar-refractivity contribution in [3.63, 3.8) is 0 Å². The van der Waals surface area contributed by atoms with Gasteiger partial charge in [-0.15, -0.1) is 0 Å². The van der Waals surface area contributed by atoms with Crippen molar-refractivity contribution >= 4 is 47.3 Å². The van der Waals surface area contributed by atoms with E-state index in [0.29, 0.717) is 18.4 Å². The lowest BCUT2D eigenvalue weighted by atomic mass is 10.00. The van der Waals surface area contributed by atoms with Gasteiger partial charge in [0.2, 0.25) is 41.4 Å². The maximum atomic E-state index is 14.0. The van der Waals surface area contributed by atoms with E-state index in [1.54, 1.807) is 6.07 Å². The van der Waals surface area contributed by atoms with Crippen LogP contribution in [0.4, 0.5) is 4.39 Å². The van der Waals surface area contributed by atoms with Crippen LogP contribution in [0.2, 0.25) is 0 Å². The van der Waals surface area contributed by atoms with Gasteiger partial charge in [0.1, 0.15) is 36.0 Å². The zero-order valence-electron chi connectivity index (χ0n) is 30.3. The van der Waals surface area contributed by atoms with Gasteiger partial charge in [-0.25, -0.2) is 4.39 Å². The average molecular weight is 748 g/mol. The van der Waals surface area contributed by atoms with Gasteiger partial charge < -0.3 is 54.8 Å². The van der Waals surface area contributed by atoms with Gasteiger partial charge in [-0.2, -0.15) is 0 Å². The average Bonchev–Trinajstić information content (AvgIpc) is 3.07. The predicted octanol–water partition coefficient (Wildman–Crippen LogP) is -2.58. The Bertz CT molecular complexity index is 1470. The molecule has 0 radical (unpaired) electrons. The number of guanidine groups is 1. The highest BCUT2D eigenvalue weighted by Gasteiger charge is 2.33. The predicted molar refractivity (Wildman–Crippen MR) is 193 cm³/mol. The second kappa shape index (κ2) is 22.6. The van der Waals surface area contributed by atoms with Crippen molar-refractivity contribution in [2.75, 3.05) is 19.6 Å². The number of hydrogen-bond donors (Lipinski definition) is 10. The van der Waals surface area contributed by atoms with E-state index >= 15 is 0 Å². The maximum absolute atomic E-state index is 14.0. The Morgan fingerprint density at radius 3 is 2.32 bits per heavy atom. The highest BCUT2D eigenvalue weighted by atomic mass is 19.1. The van der Waals surface area contributed by atoms with E-state index in [2.05, 4.69) is 36.9 Å². The quantitative estimate of drug-likeness (QED) is 0.0538. The number of benzene rings is 1. The minimum Gasteiger partial charge on any atom is -0.370 e. The summed E-state index contributed by atoms with van der Waals surface area (Å²) in [6.45, 7) is 3.90. The van der Waals surface area contributed by atoms with Crippen LogP contribution in [0, 0.1) is 11.7 Å². The Morgan fingerprint density at radius 1 is 0.981 bits per heavy atom. The number of aliphatic imine (C=N–C) groups is 1. The fourth-order valence-corrected chi connectivity index (χ4v) is 5.52. The van der Waals surface area contributed by atoms with Crippen molar-refractivity contribution in [1.29, 1.82) is 0 Å². The molecule has 0 unspecified atom stereocenters. The van der Waals surface area contributed by atoms with Gasteiger partial charge in [0.25, 0.3) is 0 Å². The molecule has 1 aliphatic rings. The second-order valence-electron chi connectivity index (χ2n) is 13.3. The molecule has 1 saturated heterocycles. The van der Waals surface area contributed by atoms with Crippen LogP contribution in [0.25, 0.3) is 0 Å². The van der Waals surface area contributed by atoms with Crippen molar-refractivity contribution in [3.8, 4) is 0 Å². The summed E-state index contributed by atoms with van der Waals surface area (Å²) < 4.78 is 14.0. The van der Waals surface area contributed by atoms with E-state index in [0.717, 1.165) is 0 Å². The molecule has 19 heteroatoms. The Kier molecular flexibility index (Phi) is 18.7. The molecule has 7 amide bonds. The second-order valence-corrected chi connectivity index (χ2v) is 13.3. The molecule has 1 aliphatic heterocycles. The molecule has 1 aromatic rings. The zero-order valence-corrected chi connectivity index (χ0v) is 30.3. The number of nitrogens with zero attached hydrogens (tertiary/aromatic N) is 1. The topological polar surface area (TPSA) is 308 Å². The molecule has 0 spiro atoms. The number of rotatable bonds is 14. The number of nitrogens with one attached hydrogen (secondary N) is 6. The molecule has 0 aromatic heterocycles. The lowest BCUT2D eigenvalue weighted by Gasteiger charge is -2.27. The van der Waals surface area contributed by atoms with Crippen molar-refractivity contribution in [2.45, 2.75) is 102 Å². The van der Waals surface area contributed by atoms with E-state index in [-0.39, 0.29) is 70.0 Å². The first kappa shape index (κ1) is 43.8. The first-order valence-electron chi connectivity index (χ1n) is 17.7. The SMILES string of the molecule is CC(C)C[C@@H]1NC(=O)[C@@H](NC(=O)[C@H](Cc2cccc(F)c2)NC(=O)CCN)CCCCNC(=O)C[C@@H](C(N)=O)NC(=O)[C@H](CCCN=C(N)N)NC1=O. The molecule has 1 fully saturated rings. The fourth-order valence-electron chi connectivity index (χ4n) is 5.52. The van der Waals surface area contributed by atoms with Crippen LogP contribution in [0.5, 0.6) is 0 Å². The Labute approximate surface area is 307 Å². The Balaban J connectivity index is 2.44. The molecular formula is C34H54FN11O7. The summed E-state index contributed by atoms with van der Waals surface area (Å²) in [6.07, 6.45) is 0.438. The smallest absolute Gasteiger partial charge is 0.243 e. The van der Waals surface area contributed by atoms with Crippen molar-refractivity contribution in [3.05, 3.63) is 35.6 Å². The van der Waals surface area contributed by atoms with E-state index in [9.17, 15) is 38.0 Å². The summed E-state index contributed by atoms with van der Waals surface area (Å²) in [5, 5.41) is 15.7. The minimum atomic E-state index is -1.38. The normalized spacial score (nSPS) is 21.2. The molecule has 14 N–H and O–H groups in total. The number of hydrogen-bond acceptors (Lipinski definition) is 9. The van der Waals surface area contributed by atoms with Crippen molar-refractivity contribution in [1.82, 2.24) is 31.9 Å². The van der Waals surface area contributed by atoms with Gasteiger partial charge in [0.05, 0.1) is 6.42 Å². The zero-order chi connectivity index (χ0) is 39.5. The van der Waals surface area contributed by atoms with Crippen LogP contribution in [-0.4, -0.2) is 97.2 Å². The molecule has 1 aromatic carbocycles. The highest BCUT2D eigenvalue weighted by Crippen LogP contribution is 2.12. The first-order chi connectivity index (χ1) is 25.1. The van der Waals surface area contributed by atoms with Crippen LogP contribution in [-0.2, 0) is 40.0 Å². The van der Waals surface area contributed by atoms with Crippen LogP contribution in [0.3, 0.4) is 0 Å². The molecule has 18 nitrogen and oxygen atoms in total. The molecule has 1 heterocycles. The van der Waals surface area contributed by atoms with Gasteiger partial charge in [-0.1, -0.05) is 26.0 Å². The monoisotopic (exact) mass is 747 g/mol. The summed E-state index contributed by atoms with van der Waals surface area (Å²) in [5.74, 6) is -5.88. The van der Waals surface area contributed by atoms with Gasteiger partial charge >= 0.3 is 0 Å². The van der Waals surface area contributed by atoms with Crippen LogP contribution >= 0.6 is 0 Å². The fraction of sp³-hybridized carbons (Fsp3) is 0.588. The molecule has 0 saturated carbocycles. The summed E-state index contributed by atoms with van der Waals surface area (Å²) in [4.78, 5) is 96.0. The summed E-state index contributed by atoms with van der Waals surface area (Å²) in [6, 6.07) is -0.721. The number of nitrogens with two attached hydrogens (primary N) is 4. The lowest BCUT2D eigenvalue weighted by Crippen LogP contribution is -2.59. The molecule has 53 heavy (non-hydrogen) atoms. The van der Waals surface area contributed by atoms with Crippen LogP contribution in [0.15, 0.2) is 29.3 Å². The summed E-state index contributed by atoms with van der Waals surface area (Å²) in [7, 11) is 0. The number of amides is 7. The molecule has 0 aliphatic carbocycles. The number of primary amides is 1. The standard InChI is InChI=1S/C34H54FN11O7/c1-19(2)15-25-32(52)44-23(10-6-14-41-34(38)39)30(50)45-24(29(37)49)18-28(48)40-13-4-3-9-22(31(51)46-25)43-33(53)26(42-27(47)11-12-36)17-20-7-5-8-21(35)16-20/h5,7-8,16,19,22-26H,3-4,6,9-15,17-18,36H2,1-2H3,(H2,37,49)(H,40,48)(H,42,47)(H,43,53)(H,44,52)(H,45,50)(H,46,51)(H4,38,39,41)/t22-,23-,24-,25-,26-/m0/s1. The third-order valence-electron chi connectivity index (χ3n) is 8.19. The Morgan fingerprint density at radius 2 is 1.68 bits per heavy atom. The highest BCUT2D eigenvalue weighted by molar-refractivity contribution is 5.97. The van der Waals surface area contributed by atoms with E-state index < -0.39 is 83.8 Å². The van der Waals surface area contributed by atoms with Gasteiger partial charge in [0, 0.05) is 32.5 Å².